The van der Waals surface area contributed by atoms with Crippen molar-refractivity contribution in [2.75, 3.05) is 0 Å². The molecule has 0 aromatic heterocycles. The Bertz CT molecular complexity index is 696. The molecule has 1 aliphatic rings. The molecule has 0 aliphatic carbocycles. The fourth-order valence-electron chi connectivity index (χ4n) is 2.12. The lowest BCUT2D eigenvalue weighted by Gasteiger charge is -2.08. The number of allylic oxidation sites excluding steroid dienone is 5. The molecule has 0 bridgehead atoms. The van der Waals surface area contributed by atoms with E-state index in [0.29, 0.717) is 11.1 Å². The quantitative estimate of drug-likeness (QED) is 0.593. The number of carbonyl (C=O) groups excluding carboxylic acids is 2. The first-order valence-electron chi connectivity index (χ1n) is 9.05. The Kier molecular flexibility index (Phi) is 11.9. The van der Waals surface area contributed by atoms with Gasteiger partial charge in [0.2, 0.25) is 0 Å². The highest BCUT2D eigenvalue weighted by molar-refractivity contribution is 6.35. The average Bonchev–Trinajstić information content (AvgIpc) is 2.97. The maximum Gasteiger partial charge on any atom is 0.275 e. The molecule has 140 valence electrons. The van der Waals surface area contributed by atoms with Gasteiger partial charge < -0.3 is 5.32 Å². The van der Waals surface area contributed by atoms with Crippen LogP contribution >= 0.6 is 0 Å². The number of hydrogen-bond donors (Lipinski definition) is 2. The third-order valence-electron chi connectivity index (χ3n) is 3.08. The second-order valence-electron chi connectivity index (χ2n) is 4.67. The van der Waals surface area contributed by atoms with Crippen LogP contribution in [0.4, 0.5) is 0 Å². The number of benzene rings is 1. The van der Waals surface area contributed by atoms with Gasteiger partial charge in [-0.2, -0.15) is 0 Å². The topological polar surface area (TPSA) is 58.2 Å². The summed E-state index contributed by atoms with van der Waals surface area (Å²) in [6.45, 7) is 11.8. The molecule has 2 amide bonds. The maximum absolute atomic E-state index is 12.1. The largest absolute Gasteiger partial charge is 0.350 e. The SMILES string of the molecule is CC.CC.C\C=C/C=C(\C=C/C)NC1=C(c2ccccc2)C(=O)NC1=O. The van der Waals surface area contributed by atoms with Crippen molar-refractivity contribution in [3.8, 4) is 0 Å². The highest BCUT2D eigenvalue weighted by Gasteiger charge is 2.31. The zero-order valence-corrected chi connectivity index (χ0v) is 16.6. The molecule has 0 unspecified atom stereocenters. The van der Waals surface area contributed by atoms with E-state index in [1.54, 1.807) is 12.1 Å². The number of nitrogens with one attached hydrogen (secondary N) is 2. The van der Waals surface area contributed by atoms with E-state index in [9.17, 15) is 9.59 Å². The van der Waals surface area contributed by atoms with Crippen LogP contribution in [-0.2, 0) is 9.59 Å². The Balaban J connectivity index is 0.00000146. The van der Waals surface area contributed by atoms with Gasteiger partial charge in [-0.15, -0.1) is 0 Å². The van der Waals surface area contributed by atoms with Crippen LogP contribution in [0, 0.1) is 0 Å². The van der Waals surface area contributed by atoms with Crippen LogP contribution < -0.4 is 10.6 Å². The first kappa shape index (κ1) is 23.1. The average molecular weight is 354 g/mol. The van der Waals surface area contributed by atoms with Gasteiger partial charge in [-0.1, -0.05) is 76.3 Å². The van der Waals surface area contributed by atoms with Crippen LogP contribution in [0.25, 0.3) is 5.57 Å². The molecule has 0 saturated carbocycles. The summed E-state index contributed by atoms with van der Waals surface area (Å²) in [5, 5.41) is 5.39. The molecule has 26 heavy (non-hydrogen) atoms. The second-order valence-corrected chi connectivity index (χ2v) is 4.67. The van der Waals surface area contributed by atoms with Crippen molar-refractivity contribution >= 4 is 17.4 Å². The highest BCUT2D eigenvalue weighted by atomic mass is 16.2. The number of amides is 2. The maximum atomic E-state index is 12.1. The van der Waals surface area contributed by atoms with Gasteiger partial charge >= 0.3 is 0 Å². The smallest absolute Gasteiger partial charge is 0.275 e. The summed E-state index contributed by atoms with van der Waals surface area (Å²) in [4.78, 5) is 24.1. The number of imide groups is 1. The molecule has 0 saturated heterocycles. The van der Waals surface area contributed by atoms with E-state index in [1.807, 2.05) is 90.1 Å². The lowest BCUT2D eigenvalue weighted by Crippen LogP contribution is -2.26. The van der Waals surface area contributed by atoms with Crippen molar-refractivity contribution in [1.82, 2.24) is 10.6 Å². The number of carbonyl (C=O) groups is 2. The van der Waals surface area contributed by atoms with Crippen molar-refractivity contribution in [2.45, 2.75) is 41.5 Å². The van der Waals surface area contributed by atoms with Crippen molar-refractivity contribution in [3.63, 3.8) is 0 Å². The van der Waals surface area contributed by atoms with Gasteiger partial charge in [0.1, 0.15) is 5.70 Å². The minimum atomic E-state index is -0.417. The van der Waals surface area contributed by atoms with Gasteiger partial charge in [0, 0.05) is 5.70 Å². The summed E-state index contributed by atoms with van der Waals surface area (Å²) in [5.41, 5.74) is 2.07. The molecule has 0 atom stereocenters. The molecule has 1 aromatic rings. The molecule has 4 nitrogen and oxygen atoms in total. The van der Waals surface area contributed by atoms with E-state index in [0.717, 1.165) is 5.70 Å². The molecular formula is C22H30N2O2. The fourth-order valence-corrected chi connectivity index (χ4v) is 2.12. The van der Waals surface area contributed by atoms with Crippen molar-refractivity contribution in [2.24, 2.45) is 0 Å². The molecule has 1 aromatic carbocycles. The molecule has 1 heterocycles. The molecule has 0 radical (unpaired) electrons. The van der Waals surface area contributed by atoms with Crippen LogP contribution in [0.2, 0.25) is 0 Å². The van der Waals surface area contributed by atoms with Gasteiger partial charge in [-0.3, -0.25) is 14.9 Å². The summed E-state index contributed by atoms with van der Waals surface area (Å²) in [6, 6.07) is 9.14. The monoisotopic (exact) mass is 354 g/mol. The first-order chi connectivity index (χ1) is 12.7. The summed E-state index contributed by atoms with van der Waals surface area (Å²) in [6.07, 6.45) is 9.29. The standard InChI is InChI=1S/C18H18N2O2.2C2H6/c1-3-5-12-14(9-4-2)19-16-15(17(21)20-18(16)22)13-10-7-6-8-11-13;2*1-2/h3-12H,1-2H3,(H2,19,20,21,22);2*1-2H3/b5-3-,9-4-,14-12+;;. The van der Waals surface area contributed by atoms with E-state index in [1.165, 1.54) is 0 Å². The van der Waals surface area contributed by atoms with Gasteiger partial charge in [0.15, 0.2) is 0 Å². The normalized spacial score (nSPS) is 14.0. The Labute approximate surface area is 157 Å². The predicted octanol–water partition coefficient (Wildman–Crippen LogP) is 4.73. The van der Waals surface area contributed by atoms with Crippen LogP contribution in [-0.4, -0.2) is 11.8 Å². The van der Waals surface area contributed by atoms with Gasteiger partial charge in [-0.25, -0.2) is 0 Å². The van der Waals surface area contributed by atoms with E-state index < -0.39 is 5.91 Å². The minimum Gasteiger partial charge on any atom is -0.350 e. The van der Waals surface area contributed by atoms with Gasteiger partial charge in [0.05, 0.1) is 5.57 Å². The Hall–Kier alpha value is -2.88. The zero-order valence-electron chi connectivity index (χ0n) is 16.6. The van der Waals surface area contributed by atoms with Crippen molar-refractivity contribution < 1.29 is 9.59 Å². The highest BCUT2D eigenvalue weighted by Crippen LogP contribution is 2.23. The van der Waals surface area contributed by atoms with E-state index >= 15 is 0 Å². The minimum absolute atomic E-state index is 0.269. The summed E-state index contributed by atoms with van der Waals surface area (Å²) >= 11 is 0. The number of rotatable bonds is 5. The fraction of sp³-hybridized carbons (Fsp3) is 0.273. The molecule has 4 heteroatoms. The Morgan fingerprint density at radius 2 is 1.54 bits per heavy atom. The zero-order chi connectivity index (χ0) is 19.9. The molecule has 2 rings (SSSR count). The summed E-state index contributed by atoms with van der Waals surface area (Å²) in [7, 11) is 0. The molecule has 0 spiro atoms. The molecule has 0 fully saturated rings. The lowest BCUT2D eigenvalue weighted by molar-refractivity contribution is -0.123. The molecular weight excluding hydrogens is 324 g/mol. The summed E-state index contributed by atoms with van der Waals surface area (Å²) < 4.78 is 0. The van der Waals surface area contributed by atoms with Crippen molar-refractivity contribution in [1.29, 1.82) is 0 Å². The third kappa shape index (κ3) is 6.55. The molecule has 1 aliphatic heterocycles. The van der Waals surface area contributed by atoms with Crippen LogP contribution in [0.5, 0.6) is 0 Å². The van der Waals surface area contributed by atoms with Gasteiger partial charge in [-0.05, 0) is 31.6 Å². The second kappa shape index (κ2) is 13.4. The first-order valence-corrected chi connectivity index (χ1v) is 9.05. The van der Waals surface area contributed by atoms with Crippen LogP contribution in [0.15, 0.2) is 72.1 Å². The van der Waals surface area contributed by atoms with E-state index in [2.05, 4.69) is 10.6 Å². The number of hydrogen-bond acceptors (Lipinski definition) is 3. The summed E-state index contributed by atoms with van der Waals surface area (Å²) in [5.74, 6) is -0.802. The van der Waals surface area contributed by atoms with Crippen LogP contribution in [0.3, 0.4) is 0 Å². The lowest BCUT2D eigenvalue weighted by atomic mass is 10.0. The Morgan fingerprint density at radius 3 is 2.08 bits per heavy atom. The van der Waals surface area contributed by atoms with Gasteiger partial charge in [0.25, 0.3) is 11.8 Å². The molecule has 2 N–H and O–H groups in total. The third-order valence-corrected chi connectivity index (χ3v) is 3.08. The van der Waals surface area contributed by atoms with Crippen LogP contribution in [0.1, 0.15) is 47.1 Å². The van der Waals surface area contributed by atoms with E-state index in [4.69, 9.17) is 0 Å². The Morgan fingerprint density at radius 1 is 0.923 bits per heavy atom. The van der Waals surface area contributed by atoms with Crippen molar-refractivity contribution in [3.05, 3.63) is 77.7 Å². The predicted molar refractivity (Wildman–Crippen MR) is 110 cm³/mol. The van der Waals surface area contributed by atoms with E-state index in [-0.39, 0.29) is 11.6 Å².